The zero-order valence-corrected chi connectivity index (χ0v) is 30.4. The number of hydroxylamine groups is 1. The molecule has 5 nitrogen and oxygen atoms in total. The van der Waals surface area contributed by atoms with Crippen LogP contribution in [0.4, 0.5) is 17.1 Å². The lowest BCUT2D eigenvalue weighted by atomic mass is 10.1. The van der Waals surface area contributed by atoms with E-state index < -0.39 is 14.9 Å². The molecular weight excluding hydrogens is 653 g/mol. The van der Waals surface area contributed by atoms with Crippen LogP contribution in [0.2, 0.25) is 0 Å². The average Bonchev–Trinajstić information content (AvgIpc) is 3.76. The Morgan fingerprint density at radius 3 is 1.94 bits per heavy atom. The third-order valence-corrected chi connectivity index (χ3v) is 14.9. The van der Waals surface area contributed by atoms with Crippen molar-refractivity contribution >= 4 is 67.7 Å². The maximum Gasteiger partial charge on any atom is 0.179 e. The molecule has 0 atom stereocenters. The number of benzene rings is 6. The van der Waals surface area contributed by atoms with Crippen molar-refractivity contribution in [1.82, 2.24) is 9.55 Å². The first-order chi connectivity index (χ1) is 26.5. The van der Waals surface area contributed by atoms with E-state index in [-0.39, 0.29) is 11.1 Å². The van der Waals surface area contributed by atoms with Crippen molar-refractivity contribution < 1.29 is 9.05 Å². The highest BCUT2D eigenvalue weighted by Gasteiger charge is 2.43. The minimum absolute atomic E-state index is 0.254. The van der Waals surface area contributed by atoms with Crippen LogP contribution >= 0.6 is 0 Å². The number of pyridine rings is 1. The SMILES string of the molecule is [2H]C([2H])([2H])c1ccnc(-n2c3ccccc3c3ccc([Si](c4ccccc4)(c4ccccc4)c4cccc(N5ON(C(C)(C)C)c6ccccc65)c4)cc32)c1. The van der Waals surface area contributed by atoms with E-state index in [0.717, 1.165) is 38.9 Å². The van der Waals surface area contributed by atoms with E-state index in [4.69, 9.17) is 14.0 Å². The molecule has 0 N–H and O–H groups in total. The van der Waals surface area contributed by atoms with E-state index in [1.807, 2.05) is 28.3 Å². The first kappa shape index (κ1) is 28.7. The second-order valence-corrected chi connectivity index (χ2v) is 18.2. The van der Waals surface area contributed by atoms with Crippen LogP contribution < -0.4 is 30.9 Å². The lowest BCUT2D eigenvalue weighted by Gasteiger charge is -2.35. The van der Waals surface area contributed by atoms with Crippen molar-refractivity contribution in [2.24, 2.45) is 0 Å². The minimum atomic E-state index is -3.08. The third kappa shape index (κ3) is 5.06. The molecule has 6 heteroatoms. The maximum atomic E-state index is 8.17. The minimum Gasteiger partial charge on any atom is -0.294 e. The molecule has 0 unspecified atom stereocenters. The lowest BCUT2D eigenvalue weighted by molar-refractivity contribution is 0.0843. The van der Waals surface area contributed by atoms with E-state index in [9.17, 15) is 0 Å². The van der Waals surface area contributed by atoms with Crippen molar-refractivity contribution in [3.63, 3.8) is 0 Å². The summed E-state index contributed by atoms with van der Waals surface area (Å²) in [5, 5.41) is 10.9. The third-order valence-electron chi connectivity index (χ3n) is 10.1. The Labute approximate surface area is 310 Å². The summed E-state index contributed by atoms with van der Waals surface area (Å²) in [6, 6.07) is 57.2. The topological polar surface area (TPSA) is 33.5 Å². The summed E-state index contributed by atoms with van der Waals surface area (Å²) in [7, 11) is -3.08. The molecule has 0 amide bonds. The van der Waals surface area contributed by atoms with E-state index in [1.54, 1.807) is 18.3 Å². The molecule has 0 saturated carbocycles. The number of rotatable bonds is 6. The van der Waals surface area contributed by atoms with E-state index in [0.29, 0.717) is 5.82 Å². The molecule has 2 aromatic heterocycles. The molecule has 3 heterocycles. The number of para-hydroxylation sites is 3. The van der Waals surface area contributed by atoms with Gasteiger partial charge in [-0.3, -0.25) is 4.57 Å². The van der Waals surface area contributed by atoms with E-state index in [1.165, 1.54) is 20.7 Å². The van der Waals surface area contributed by atoms with Gasteiger partial charge in [0.1, 0.15) is 5.82 Å². The fourth-order valence-corrected chi connectivity index (χ4v) is 12.7. The Hall–Kier alpha value is -5.95. The van der Waals surface area contributed by atoms with E-state index in [2.05, 4.69) is 159 Å². The molecule has 8 aromatic rings. The number of nitrogens with zero attached hydrogens (tertiary/aromatic N) is 4. The quantitative estimate of drug-likeness (QED) is 0.129. The van der Waals surface area contributed by atoms with Gasteiger partial charge in [0, 0.05) is 21.1 Å². The predicted octanol–water partition coefficient (Wildman–Crippen LogP) is 8.47. The maximum absolute atomic E-state index is 8.17. The molecular formula is C46H40N4OSi. The van der Waals surface area contributed by atoms with Gasteiger partial charge in [0.25, 0.3) is 0 Å². The highest BCUT2D eigenvalue weighted by molar-refractivity contribution is 7.20. The first-order valence-electron chi connectivity index (χ1n) is 19.1. The molecule has 1 aliphatic rings. The Balaban J connectivity index is 1.33. The van der Waals surface area contributed by atoms with Gasteiger partial charge in [-0.05, 0) is 102 Å². The number of hydrogen-bond acceptors (Lipinski definition) is 4. The van der Waals surface area contributed by atoms with Gasteiger partial charge in [0.05, 0.1) is 33.6 Å². The monoisotopic (exact) mass is 695 g/mol. The molecule has 9 rings (SSSR count). The van der Waals surface area contributed by atoms with Gasteiger partial charge in [-0.25, -0.2) is 10.0 Å². The fourth-order valence-electron chi connectivity index (χ4n) is 7.88. The first-order valence-corrected chi connectivity index (χ1v) is 19.6. The van der Waals surface area contributed by atoms with Crippen LogP contribution in [0.5, 0.6) is 0 Å². The van der Waals surface area contributed by atoms with Crippen LogP contribution in [0.1, 0.15) is 30.4 Å². The molecule has 0 saturated heterocycles. The lowest BCUT2D eigenvalue weighted by Crippen LogP contribution is -2.74. The summed E-state index contributed by atoms with van der Waals surface area (Å²) < 4.78 is 26.6. The molecule has 6 aromatic carbocycles. The zero-order valence-electron chi connectivity index (χ0n) is 32.4. The molecule has 0 spiro atoms. The average molecular weight is 696 g/mol. The van der Waals surface area contributed by atoms with Gasteiger partial charge in [0.2, 0.25) is 0 Å². The predicted molar refractivity (Wildman–Crippen MR) is 219 cm³/mol. The summed E-state index contributed by atoms with van der Waals surface area (Å²) >= 11 is 0. The zero-order chi connectivity index (χ0) is 38.0. The van der Waals surface area contributed by atoms with Crippen molar-refractivity contribution in [1.29, 1.82) is 0 Å². The molecule has 254 valence electrons. The number of hydrogen-bond donors (Lipinski definition) is 0. The summed E-state index contributed by atoms with van der Waals surface area (Å²) in [6.07, 6.45) is 1.60. The highest BCUT2D eigenvalue weighted by atomic mass is 28.3. The Kier molecular flexibility index (Phi) is 6.83. The van der Waals surface area contributed by atoms with Crippen LogP contribution in [-0.4, -0.2) is 23.2 Å². The standard InChI is InChI=1S/C46H40N4OSi/c1-33-28-29-47-45(30-33)48-41-23-12-11-22-39(41)40-27-26-38(32-44(40)48)52(35-17-7-5-8-18-35,36-19-9-6-10-20-36)37-21-15-16-34(31-37)49-42-24-13-14-25-43(42)50(51-49)46(2,3)4/h5-32H,1-4H3/i1D3. The molecule has 0 fully saturated rings. The second kappa shape index (κ2) is 12.4. The summed E-state index contributed by atoms with van der Waals surface area (Å²) in [6.45, 7) is 4.18. The Morgan fingerprint density at radius 1 is 0.577 bits per heavy atom. The second-order valence-electron chi connectivity index (χ2n) is 14.3. The smallest absolute Gasteiger partial charge is 0.179 e. The van der Waals surface area contributed by atoms with Crippen molar-refractivity contribution in [3.8, 4) is 5.82 Å². The number of aryl methyl sites for hydroxylation is 1. The van der Waals surface area contributed by atoms with Crippen LogP contribution in [0.25, 0.3) is 27.6 Å². The largest absolute Gasteiger partial charge is 0.294 e. The van der Waals surface area contributed by atoms with Gasteiger partial charge < -0.3 is 0 Å². The molecule has 0 bridgehead atoms. The van der Waals surface area contributed by atoms with Crippen LogP contribution in [0.15, 0.2) is 170 Å². The number of aromatic nitrogens is 2. The molecule has 0 radical (unpaired) electrons. The van der Waals surface area contributed by atoms with Gasteiger partial charge in [-0.2, -0.15) is 5.06 Å². The normalized spacial score (nSPS) is 14.3. The summed E-state index contributed by atoms with van der Waals surface area (Å²) in [4.78, 5) is 11.4. The van der Waals surface area contributed by atoms with Crippen LogP contribution in [0, 0.1) is 6.85 Å². The highest BCUT2D eigenvalue weighted by Crippen LogP contribution is 2.44. The Bertz CT molecular complexity index is 2650. The summed E-state index contributed by atoms with van der Waals surface area (Å²) in [5.41, 5.74) is 4.84. The van der Waals surface area contributed by atoms with Crippen molar-refractivity contribution in [2.45, 2.75) is 33.2 Å². The number of anilines is 3. The molecule has 0 aliphatic carbocycles. The van der Waals surface area contributed by atoms with Gasteiger partial charge in [-0.15, -0.1) is 4.94 Å². The Morgan fingerprint density at radius 2 is 1.21 bits per heavy atom. The van der Waals surface area contributed by atoms with Gasteiger partial charge in [-0.1, -0.05) is 115 Å². The van der Waals surface area contributed by atoms with E-state index >= 15 is 0 Å². The summed E-state index contributed by atoms with van der Waals surface area (Å²) in [5.74, 6) is 0.568. The molecule has 1 aliphatic heterocycles. The van der Waals surface area contributed by atoms with Crippen LogP contribution in [0.3, 0.4) is 0 Å². The van der Waals surface area contributed by atoms with Crippen LogP contribution in [-0.2, 0) is 4.94 Å². The van der Waals surface area contributed by atoms with Crippen molar-refractivity contribution in [2.75, 3.05) is 10.1 Å². The fraction of sp³-hybridized carbons (Fsp3) is 0.109. The van der Waals surface area contributed by atoms with Gasteiger partial charge in [0.15, 0.2) is 8.07 Å². The van der Waals surface area contributed by atoms with Gasteiger partial charge >= 0.3 is 0 Å². The molecule has 52 heavy (non-hydrogen) atoms. The number of fused-ring (bicyclic) bond motifs is 4. The van der Waals surface area contributed by atoms with Crippen molar-refractivity contribution in [3.05, 3.63) is 176 Å².